The predicted molar refractivity (Wildman–Crippen MR) is 69.9 cm³/mol. The molecule has 0 saturated heterocycles. The molecule has 0 aliphatic heterocycles. The smallest absolute Gasteiger partial charge is 0.145 e. The lowest BCUT2D eigenvalue weighted by molar-refractivity contribution is -0.105. The monoisotopic (exact) mass is 252 g/mol. The van der Waals surface area contributed by atoms with Crippen molar-refractivity contribution >= 4 is 6.29 Å². The molecule has 0 radical (unpaired) electrons. The number of allylic oxidation sites excluding steroid dienone is 2. The summed E-state index contributed by atoms with van der Waals surface area (Å²) >= 11 is 0. The first-order chi connectivity index (χ1) is 8.40. The standard InChI is InChI=1S/C15H24O3/c1-9(2)14-11-6-10(8-16)4-5-13(18)15(11,3)7-12(14)17/h6,8-9,11-14,17-18H,4-5,7H2,1-3H3. The Hall–Kier alpha value is -0.670. The molecule has 0 aromatic rings. The second-order valence-electron chi connectivity index (χ2n) is 6.54. The van der Waals surface area contributed by atoms with Crippen molar-refractivity contribution in [1.82, 2.24) is 0 Å². The molecular formula is C15H24O3. The summed E-state index contributed by atoms with van der Waals surface area (Å²) in [6.45, 7) is 6.26. The zero-order valence-electron chi connectivity index (χ0n) is 11.5. The molecule has 0 bridgehead atoms. The Labute approximate surface area is 109 Å². The van der Waals surface area contributed by atoms with Crippen LogP contribution in [0.25, 0.3) is 0 Å². The van der Waals surface area contributed by atoms with Gasteiger partial charge in [-0.05, 0) is 42.6 Å². The molecule has 1 fully saturated rings. The van der Waals surface area contributed by atoms with Gasteiger partial charge in [0.1, 0.15) is 6.29 Å². The molecule has 0 amide bonds. The zero-order chi connectivity index (χ0) is 13.5. The van der Waals surface area contributed by atoms with E-state index in [1.807, 2.05) is 6.08 Å². The minimum absolute atomic E-state index is 0.102. The lowest BCUT2D eigenvalue weighted by atomic mass is 9.71. The maximum atomic E-state index is 11.1. The summed E-state index contributed by atoms with van der Waals surface area (Å²) in [5.74, 6) is 0.587. The van der Waals surface area contributed by atoms with Gasteiger partial charge in [0, 0.05) is 5.41 Å². The van der Waals surface area contributed by atoms with E-state index in [2.05, 4.69) is 20.8 Å². The van der Waals surface area contributed by atoms with Crippen LogP contribution >= 0.6 is 0 Å². The third-order valence-electron chi connectivity index (χ3n) is 5.05. The summed E-state index contributed by atoms with van der Waals surface area (Å²) in [7, 11) is 0. The van der Waals surface area contributed by atoms with Crippen LogP contribution in [-0.4, -0.2) is 28.7 Å². The summed E-state index contributed by atoms with van der Waals surface area (Å²) in [6, 6.07) is 0. The van der Waals surface area contributed by atoms with Crippen LogP contribution in [0, 0.1) is 23.2 Å². The summed E-state index contributed by atoms with van der Waals surface area (Å²) in [5, 5.41) is 20.7. The van der Waals surface area contributed by atoms with E-state index < -0.39 is 6.10 Å². The van der Waals surface area contributed by atoms with Crippen molar-refractivity contribution in [3.05, 3.63) is 11.6 Å². The summed E-state index contributed by atoms with van der Waals surface area (Å²) in [5.41, 5.74) is 0.488. The van der Waals surface area contributed by atoms with Gasteiger partial charge in [0.05, 0.1) is 12.2 Å². The van der Waals surface area contributed by atoms with Crippen LogP contribution in [-0.2, 0) is 4.79 Å². The molecule has 5 atom stereocenters. The van der Waals surface area contributed by atoms with Gasteiger partial charge in [0.25, 0.3) is 0 Å². The van der Waals surface area contributed by atoms with Crippen LogP contribution in [0.2, 0.25) is 0 Å². The van der Waals surface area contributed by atoms with Crippen LogP contribution in [0.15, 0.2) is 11.6 Å². The highest BCUT2D eigenvalue weighted by Crippen LogP contribution is 2.54. The Morgan fingerprint density at radius 2 is 2.11 bits per heavy atom. The Morgan fingerprint density at radius 1 is 1.44 bits per heavy atom. The van der Waals surface area contributed by atoms with Crippen LogP contribution < -0.4 is 0 Å². The molecule has 18 heavy (non-hydrogen) atoms. The van der Waals surface area contributed by atoms with Gasteiger partial charge in [0.15, 0.2) is 0 Å². The topological polar surface area (TPSA) is 57.5 Å². The van der Waals surface area contributed by atoms with Gasteiger partial charge in [-0.3, -0.25) is 4.79 Å². The molecule has 2 rings (SSSR count). The van der Waals surface area contributed by atoms with Crippen LogP contribution in [0.4, 0.5) is 0 Å². The van der Waals surface area contributed by atoms with Crippen LogP contribution in [0.1, 0.15) is 40.0 Å². The van der Waals surface area contributed by atoms with Gasteiger partial charge in [-0.2, -0.15) is 0 Å². The molecule has 3 heteroatoms. The summed E-state index contributed by atoms with van der Waals surface area (Å²) in [6.07, 6.45) is 4.01. The molecule has 5 unspecified atom stereocenters. The predicted octanol–water partition coefficient (Wildman–Crippen LogP) is 1.93. The largest absolute Gasteiger partial charge is 0.393 e. The lowest BCUT2D eigenvalue weighted by Gasteiger charge is -2.36. The molecule has 2 aliphatic rings. The SMILES string of the molecule is CC(C)C1C(O)CC2(C)C(O)CCC(C=O)=CC12. The number of aldehydes is 1. The number of aliphatic hydroxyl groups is 2. The molecule has 2 N–H and O–H groups in total. The van der Waals surface area contributed by atoms with E-state index in [4.69, 9.17) is 0 Å². The maximum absolute atomic E-state index is 11.1. The molecule has 0 spiro atoms. The quantitative estimate of drug-likeness (QED) is 0.738. The lowest BCUT2D eigenvalue weighted by Crippen LogP contribution is -2.36. The Morgan fingerprint density at radius 3 is 2.67 bits per heavy atom. The van der Waals surface area contributed by atoms with Crippen molar-refractivity contribution in [3.63, 3.8) is 0 Å². The first kappa shape index (κ1) is 13.8. The molecule has 102 valence electrons. The van der Waals surface area contributed by atoms with E-state index >= 15 is 0 Å². The second-order valence-corrected chi connectivity index (χ2v) is 6.54. The van der Waals surface area contributed by atoms with Gasteiger partial charge >= 0.3 is 0 Å². The summed E-state index contributed by atoms with van der Waals surface area (Å²) in [4.78, 5) is 11.1. The number of carbonyl (C=O) groups is 1. The van der Waals surface area contributed by atoms with Crippen molar-refractivity contribution in [2.24, 2.45) is 23.2 Å². The second kappa shape index (κ2) is 4.78. The number of carbonyl (C=O) groups excluding carboxylic acids is 1. The maximum Gasteiger partial charge on any atom is 0.145 e. The molecule has 0 aromatic carbocycles. The van der Waals surface area contributed by atoms with E-state index in [0.717, 1.165) is 11.9 Å². The molecule has 1 saturated carbocycles. The molecule has 2 aliphatic carbocycles. The van der Waals surface area contributed by atoms with Gasteiger partial charge < -0.3 is 10.2 Å². The molecule has 0 aromatic heterocycles. The number of aliphatic hydroxyl groups excluding tert-OH is 2. The van der Waals surface area contributed by atoms with Crippen molar-refractivity contribution < 1.29 is 15.0 Å². The molecule has 3 nitrogen and oxygen atoms in total. The van der Waals surface area contributed by atoms with Crippen molar-refractivity contribution in [2.75, 3.05) is 0 Å². The average Bonchev–Trinajstić information content (AvgIpc) is 2.49. The van der Waals surface area contributed by atoms with Gasteiger partial charge in [-0.25, -0.2) is 0 Å². The molecular weight excluding hydrogens is 228 g/mol. The highest BCUT2D eigenvalue weighted by Gasteiger charge is 2.54. The fourth-order valence-electron chi connectivity index (χ4n) is 3.97. The first-order valence-electron chi connectivity index (χ1n) is 6.92. The number of hydrogen-bond acceptors (Lipinski definition) is 3. The van der Waals surface area contributed by atoms with Gasteiger partial charge in [-0.1, -0.05) is 26.8 Å². The highest BCUT2D eigenvalue weighted by atomic mass is 16.3. The van der Waals surface area contributed by atoms with Crippen molar-refractivity contribution in [1.29, 1.82) is 0 Å². The Bertz CT molecular complexity index is 361. The van der Waals surface area contributed by atoms with E-state index in [-0.39, 0.29) is 23.4 Å². The summed E-state index contributed by atoms with van der Waals surface area (Å²) < 4.78 is 0. The van der Waals surface area contributed by atoms with Crippen molar-refractivity contribution in [3.8, 4) is 0 Å². The van der Waals surface area contributed by atoms with Crippen LogP contribution in [0.3, 0.4) is 0 Å². The number of rotatable bonds is 2. The Balaban J connectivity index is 2.43. The minimum atomic E-state index is -0.436. The van der Waals surface area contributed by atoms with Crippen molar-refractivity contribution in [2.45, 2.75) is 52.2 Å². The van der Waals surface area contributed by atoms with E-state index in [0.29, 0.717) is 25.2 Å². The fraction of sp³-hybridized carbons (Fsp3) is 0.800. The average molecular weight is 252 g/mol. The van der Waals surface area contributed by atoms with Gasteiger partial charge in [-0.15, -0.1) is 0 Å². The fourth-order valence-corrected chi connectivity index (χ4v) is 3.97. The van der Waals surface area contributed by atoms with E-state index in [1.54, 1.807) is 0 Å². The van der Waals surface area contributed by atoms with E-state index in [1.165, 1.54) is 0 Å². The first-order valence-corrected chi connectivity index (χ1v) is 6.92. The third kappa shape index (κ3) is 2.04. The van der Waals surface area contributed by atoms with Gasteiger partial charge in [0.2, 0.25) is 0 Å². The third-order valence-corrected chi connectivity index (χ3v) is 5.05. The highest BCUT2D eigenvalue weighted by molar-refractivity contribution is 5.73. The zero-order valence-corrected chi connectivity index (χ0v) is 11.5. The number of fused-ring (bicyclic) bond motifs is 1. The van der Waals surface area contributed by atoms with Crippen LogP contribution in [0.5, 0.6) is 0 Å². The minimum Gasteiger partial charge on any atom is -0.393 e. The molecule has 0 heterocycles. The Kier molecular flexibility index (Phi) is 3.65. The number of hydrogen-bond donors (Lipinski definition) is 2. The van der Waals surface area contributed by atoms with E-state index in [9.17, 15) is 15.0 Å². The normalized spacial score (nSPS) is 44.4.